The molecule has 0 spiro atoms. The van der Waals surface area contributed by atoms with E-state index in [4.69, 9.17) is 4.98 Å². The third-order valence-corrected chi connectivity index (χ3v) is 5.27. The van der Waals surface area contributed by atoms with Crippen LogP contribution < -0.4 is 15.8 Å². The molecule has 1 aliphatic rings. The maximum atomic E-state index is 12.9. The highest BCUT2D eigenvalue weighted by atomic mass is 16.2. The van der Waals surface area contributed by atoms with Gasteiger partial charge in [0.25, 0.3) is 5.56 Å². The number of nitrogens with zero attached hydrogens (tertiary/aromatic N) is 5. The first-order chi connectivity index (χ1) is 14.7. The molecule has 2 aromatic heterocycles. The van der Waals surface area contributed by atoms with Crippen molar-refractivity contribution < 1.29 is 4.79 Å². The van der Waals surface area contributed by atoms with Crippen LogP contribution in [0.1, 0.15) is 12.8 Å². The van der Waals surface area contributed by atoms with Crippen LogP contribution in [0, 0.1) is 0 Å². The molecule has 3 heterocycles. The van der Waals surface area contributed by atoms with E-state index in [1.54, 1.807) is 6.07 Å². The number of carbonyl (C=O) groups excluding carboxylic acids is 1. The Hall–Kier alpha value is -3.81. The van der Waals surface area contributed by atoms with E-state index in [0.717, 1.165) is 31.4 Å². The van der Waals surface area contributed by atoms with Crippen molar-refractivity contribution >= 4 is 39.6 Å². The third kappa shape index (κ3) is 3.36. The fourth-order valence-corrected chi connectivity index (χ4v) is 3.82. The molecule has 1 N–H and O–H groups in total. The van der Waals surface area contributed by atoms with Crippen LogP contribution in [0.25, 0.3) is 22.1 Å². The SMILES string of the molecule is O=C(Cn1c(=O)cnc2ccccc21)Nc1nc2ccccc2nc1N1CCCC1. The topological polar surface area (TPSA) is 93.0 Å². The first-order valence-corrected chi connectivity index (χ1v) is 9.95. The molecule has 0 saturated carbocycles. The molecule has 0 radical (unpaired) electrons. The highest BCUT2D eigenvalue weighted by Gasteiger charge is 2.21. The van der Waals surface area contributed by atoms with Gasteiger partial charge in [0.05, 0.1) is 28.3 Å². The average Bonchev–Trinajstić information content (AvgIpc) is 3.30. The van der Waals surface area contributed by atoms with Crippen LogP contribution >= 0.6 is 0 Å². The summed E-state index contributed by atoms with van der Waals surface area (Å²) in [6.45, 7) is 1.63. The molecule has 4 aromatic rings. The van der Waals surface area contributed by atoms with Crippen LogP contribution in [0.2, 0.25) is 0 Å². The van der Waals surface area contributed by atoms with Crippen LogP contribution in [0.3, 0.4) is 0 Å². The lowest BCUT2D eigenvalue weighted by Gasteiger charge is -2.20. The number of fused-ring (bicyclic) bond motifs is 2. The molecule has 0 aliphatic carbocycles. The van der Waals surface area contributed by atoms with Gasteiger partial charge < -0.3 is 10.2 Å². The minimum atomic E-state index is -0.335. The Bertz CT molecular complexity index is 1310. The highest BCUT2D eigenvalue weighted by Crippen LogP contribution is 2.27. The molecule has 1 amide bonds. The molecule has 0 atom stereocenters. The summed E-state index contributed by atoms with van der Waals surface area (Å²) in [5.74, 6) is 0.761. The van der Waals surface area contributed by atoms with Crippen LogP contribution in [0.4, 0.5) is 11.6 Å². The van der Waals surface area contributed by atoms with Gasteiger partial charge in [0, 0.05) is 13.1 Å². The molecule has 150 valence electrons. The Morgan fingerprint density at radius 1 is 0.933 bits per heavy atom. The van der Waals surface area contributed by atoms with Gasteiger partial charge in [-0.1, -0.05) is 24.3 Å². The van der Waals surface area contributed by atoms with Gasteiger partial charge in [0.2, 0.25) is 5.91 Å². The Morgan fingerprint density at radius 2 is 1.60 bits per heavy atom. The van der Waals surface area contributed by atoms with Crippen molar-refractivity contribution in [3.8, 4) is 0 Å². The summed E-state index contributed by atoms with van der Waals surface area (Å²) in [5.41, 5.74) is 2.45. The number of rotatable bonds is 4. The van der Waals surface area contributed by atoms with E-state index in [1.807, 2.05) is 42.5 Å². The molecule has 8 nitrogen and oxygen atoms in total. The van der Waals surface area contributed by atoms with Crippen LogP contribution in [-0.4, -0.2) is 38.5 Å². The number of anilines is 2. The van der Waals surface area contributed by atoms with Crippen molar-refractivity contribution in [1.82, 2.24) is 19.5 Å². The molecule has 30 heavy (non-hydrogen) atoms. The third-order valence-electron chi connectivity index (χ3n) is 5.27. The van der Waals surface area contributed by atoms with Crippen molar-refractivity contribution in [2.24, 2.45) is 0 Å². The minimum Gasteiger partial charge on any atom is -0.354 e. The highest BCUT2D eigenvalue weighted by molar-refractivity contribution is 5.94. The van der Waals surface area contributed by atoms with Crippen LogP contribution in [-0.2, 0) is 11.3 Å². The van der Waals surface area contributed by atoms with Crippen molar-refractivity contribution in [3.05, 3.63) is 65.1 Å². The summed E-state index contributed by atoms with van der Waals surface area (Å²) in [6, 6.07) is 14.8. The van der Waals surface area contributed by atoms with Gasteiger partial charge in [-0.3, -0.25) is 14.2 Å². The summed E-state index contributed by atoms with van der Waals surface area (Å²) in [7, 11) is 0. The molecule has 5 rings (SSSR count). The number of nitrogens with one attached hydrogen (secondary N) is 1. The van der Waals surface area contributed by atoms with E-state index < -0.39 is 0 Å². The maximum absolute atomic E-state index is 12.9. The number of amides is 1. The Morgan fingerprint density at radius 3 is 2.37 bits per heavy atom. The van der Waals surface area contributed by atoms with Crippen molar-refractivity contribution in [1.29, 1.82) is 0 Å². The molecular formula is C22H20N6O2. The first-order valence-electron chi connectivity index (χ1n) is 9.95. The normalized spacial score (nSPS) is 13.8. The predicted molar refractivity (Wildman–Crippen MR) is 116 cm³/mol. The van der Waals surface area contributed by atoms with Crippen molar-refractivity contribution in [2.45, 2.75) is 19.4 Å². The zero-order valence-corrected chi connectivity index (χ0v) is 16.3. The Balaban J connectivity index is 1.50. The van der Waals surface area contributed by atoms with Gasteiger partial charge in [-0.2, -0.15) is 0 Å². The molecule has 2 aromatic carbocycles. The predicted octanol–water partition coefficient (Wildman–Crippen LogP) is 2.58. The molecular weight excluding hydrogens is 380 g/mol. The molecule has 1 fully saturated rings. The number of para-hydroxylation sites is 4. The van der Waals surface area contributed by atoms with E-state index in [1.165, 1.54) is 10.8 Å². The summed E-state index contributed by atoms with van der Waals surface area (Å²) in [6.07, 6.45) is 3.40. The zero-order valence-electron chi connectivity index (χ0n) is 16.3. The van der Waals surface area contributed by atoms with Crippen LogP contribution in [0.5, 0.6) is 0 Å². The number of aromatic nitrogens is 4. The van der Waals surface area contributed by atoms with Gasteiger partial charge in [0.15, 0.2) is 11.6 Å². The molecule has 1 saturated heterocycles. The van der Waals surface area contributed by atoms with E-state index in [-0.39, 0.29) is 18.0 Å². The number of hydrogen-bond acceptors (Lipinski definition) is 6. The standard InChI is InChI=1S/C22H20N6O2/c29-19(14-28-18-10-4-3-9-17(18)23-13-20(28)30)26-21-22(27-11-5-6-12-27)25-16-8-2-1-7-15(16)24-21/h1-4,7-10,13H,5-6,11-12,14H2,(H,24,26,29). The first kappa shape index (κ1) is 18.2. The van der Waals surface area contributed by atoms with Gasteiger partial charge in [0.1, 0.15) is 6.54 Å². The van der Waals surface area contributed by atoms with E-state index in [0.29, 0.717) is 28.2 Å². The fraction of sp³-hybridized carbons (Fsp3) is 0.227. The summed E-state index contributed by atoms with van der Waals surface area (Å²) < 4.78 is 1.42. The zero-order chi connectivity index (χ0) is 20.5. The van der Waals surface area contributed by atoms with Gasteiger partial charge >= 0.3 is 0 Å². The Kier molecular flexibility index (Phi) is 4.59. The number of benzene rings is 2. The largest absolute Gasteiger partial charge is 0.354 e. The summed E-state index contributed by atoms with van der Waals surface area (Å²) in [4.78, 5) is 40.9. The smallest absolute Gasteiger partial charge is 0.269 e. The minimum absolute atomic E-state index is 0.129. The van der Waals surface area contributed by atoms with Gasteiger partial charge in [-0.05, 0) is 37.1 Å². The summed E-state index contributed by atoms with van der Waals surface area (Å²) >= 11 is 0. The fourth-order valence-electron chi connectivity index (χ4n) is 3.82. The van der Waals surface area contributed by atoms with E-state index >= 15 is 0 Å². The lowest BCUT2D eigenvalue weighted by molar-refractivity contribution is -0.116. The lowest BCUT2D eigenvalue weighted by atomic mass is 10.3. The maximum Gasteiger partial charge on any atom is 0.269 e. The second-order valence-electron chi connectivity index (χ2n) is 7.30. The average molecular weight is 400 g/mol. The van der Waals surface area contributed by atoms with Crippen molar-refractivity contribution in [2.75, 3.05) is 23.3 Å². The second-order valence-corrected chi connectivity index (χ2v) is 7.30. The quantitative estimate of drug-likeness (QED) is 0.566. The van der Waals surface area contributed by atoms with E-state index in [9.17, 15) is 9.59 Å². The van der Waals surface area contributed by atoms with Crippen molar-refractivity contribution in [3.63, 3.8) is 0 Å². The van der Waals surface area contributed by atoms with Gasteiger partial charge in [-0.15, -0.1) is 0 Å². The van der Waals surface area contributed by atoms with Crippen LogP contribution in [0.15, 0.2) is 59.5 Å². The van der Waals surface area contributed by atoms with Gasteiger partial charge in [-0.25, -0.2) is 15.0 Å². The number of hydrogen-bond donors (Lipinski definition) is 1. The summed E-state index contributed by atoms with van der Waals surface area (Å²) in [5, 5.41) is 2.89. The molecule has 1 aliphatic heterocycles. The Labute approximate surface area is 172 Å². The second kappa shape index (κ2) is 7.55. The number of carbonyl (C=O) groups is 1. The molecule has 0 unspecified atom stereocenters. The molecule has 0 bridgehead atoms. The molecule has 8 heteroatoms. The lowest BCUT2D eigenvalue weighted by Crippen LogP contribution is -2.29. The van der Waals surface area contributed by atoms with E-state index in [2.05, 4.69) is 20.2 Å². The monoisotopic (exact) mass is 400 g/mol.